The van der Waals surface area contributed by atoms with Crippen LogP contribution >= 0.6 is 0 Å². The van der Waals surface area contributed by atoms with E-state index < -0.39 is 16.0 Å². The quantitative estimate of drug-likeness (QED) is 0.300. The summed E-state index contributed by atoms with van der Waals surface area (Å²) in [6.07, 6.45) is 0. The topological polar surface area (TPSA) is 80.8 Å². The summed E-state index contributed by atoms with van der Waals surface area (Å²) >= 11 is 0. The summed E-state index contributed by atoms with van der Waals surface area (Å²) in [7, 11) is -3.59. The van der Waals surface area contributed by atoms with Crippen LogP contribution in [0.4, 0.5) is 0 Å². The van der Waals surface area contributed by atoms with Crippen molar-refractivity contribution >= 4 is 21.8 Å². The molecule has 7 heteroatoms. The van der Waals surface area contributed by atoms with Gasteiger partial charge >= 0.3 is 5.97 Å². The van der Waals surface area contributed by atoms with Gasteiger partial charge in [-0.15, -0.1) is 0 Å². The third kappa shape index (κ3) is 5.07. The molecular weight excluding hydrogens is 414 g/mol. The van der Waals surface area contributed by atoms with Crippen LogP contribution in [0.1, 0.15) is 40.1 Å². The van der Waals surface area contributed by atoms with Gasteiger partial charge < -0.3 is 4.74 Å². The summed E-state index contributed by atoms with van der Waals surface area (Å²) in [6.45, 7) is 4.27. The lowest BCUT2D eigenvalue weighted by molar-refractivity contribution is 0.0734. The molecule has 0 heterocycles. The molecule has 0 aromatic heterocycles. The van der Waals surface area contributed by atoms with Crippen molar-refractivity contribution in [1.29, 1.82) is 0 Å². The van der Waals surface area contributed by atoms with Crippen molar-refractivity contribution in [2.45, 2.75) is 18.7 Å². The zero-order valence-corrected chi connectivity index (χ0v) is 18.1. The molecular formula is C24H23NO5S. The average molecular weight is 438 g/mol. The molecule has 3 rings (SSSR count). The van der Waals surface area contributed by atoms with Crippen LogP contribution in [0.25, 0.3) is 0 Å². The molecule has 3 aromatic rings. The van der Waals surface area contributed by atoms with Crippen LogP contribution in [0.5, 0.6) is 5.75 Å². The Morgan fingerprint density at radius 2 is 1.26 bits per heavy atom. The maximum absolute atomic E-state index is 12.5. The normalized spacial score (nSPS) is 11.3. The Morgan fingerprint density at radius 3 is 1.81 bits per heavy atom. The number of carbonyl (C=O) groups excluding carboxylic acids is 2. The first-order valence-corrected chi connectivity index (χ1v) is 11.3. The van der Waals surface area contributed by atoms with E-state index in [0.717, 1.165) is 0 Å². The van der Waals surface area contributed by atoms with Crippen molar-refractivity contribution in [3.63, 3.8) is 0 Å². The van der Waals surface area contributed by atoms with Gasteiger partial charge in [-0.1, -0.05) is 44.2 Å². The SMILES string of the molecule is CCN(CC)S(=O)(=O)c1ccc(C(=O)Oc2ccc(C(=O)c3ccccc3)cc2)cc1. The van der Waals surface area contributed by atoms with Crippen LogP contribution in [-0.2, 0) is 10.0 Å². The predicted octanol–water partition coefficient (Wildman–Crippen LogP) is 4.17. The third-order valence-corrected chi connectivity index (χ3v) is 6.86. The van der Waals surface area contributed by atoms with Crippen molar-refractivity contribution in [3.05, 3.63) is 95.6 Å². The zero-order chi connectivity index (χ0) is 22.4. The van der Waals surface area contributed by atoms with E-state index in [1.807, 2.05) is 6.07 Å². The zero-order valence-electron chi connectivity index (χ0n) is 17.3. The first kappa shape index (κ1) is 22.4. The fraction of sp³-hybridized carbons (Fsp3) is 0.167. The molecule has 31 heavy (non-hydrogen) atoms. The number of benzene rings is 3. The lowest BCUT2D eigenvalue weighted by Gasteiger charge is -2.18. The lowest BCUT2D eigenvalue weighted by Crippen LogP contribution is -2.30. The van der Waals surface area contributed by atoms with Gasteiger partial charge in [-0.05, 0) is 48.5 Å². The van der Waals surface area contributed by atoms with Crippen LogP contribution < -0.4 is 4.74 Å². The number of ether oxygens (including phenoxy) is 1. The van der Waals surface area contributed by atoms with Crippen molar-refractivity contribution in [2.24, 2.45) is 0 Å². The smallest absolute Gasteiger partial charge is 0.343 e. The lowest BCUT2D eigenvalue weighted by atomic mass is 10.0. The molecule has 0 amide bonds. The van der Waals surface area contributed by atoms with E-state index >= 15 is 0 Å². The van der Waals surface area contributed by atoms with Gasteiger partial charge in [0.05, 0.1) is 10.5 Å². The second-order valence-electron chi connectivity index (χ2n) is 6.72. The number of hydrogen-bond donors (Lipinski definition) is 0. The van der Waals surface area contributed by atoms with E-state index in [9.17, 15) is 18.0 Å². The van der Waals surface area contributed by atoms with E-state index in [-0.39, 0.29) is 22.0 Å². The van der Waals surface area contributed by atoms with Gasteiger partial charge in [-0.25, -0.2) is 13.2 Å². The molecule has 0 aliphatic heterocycles. The number of rotatable bonds is 8. The molecule has 0 aliphatic rings. The Kier molecular flexibility index (Phi) is 6.99. The molecule has 0 atom stereocenters. The molecule has 160 valence electrons. The van der Waals surface area contributed by atoms with Gasteiger partial charge in [0.15, 0.2) is 5.78 Å². The summed E-state index contributed by atoms with van der Waals surface area (Å²) in [5.74, 6) is -0.452. The summed E-state index contributed by atoms with van der Waals surface area (Å²) < 4.78 is 31.8. The van der Waals surface area contributed by atoms with E-state index in [1.54, 1.807) is 62.4 Å². The fourth-order valence-corrected chi connectivity index (χ4v) is 4.53. The van der Waals surface area contributed by atoms with Crippen LogP contribution in [0.15, 0.2) is 83.8 Å². The number of nitrogens with zero attached hydrogens (tertiary/aromatic N) is 1. The highest BCUT2D eigenvalue weighted by molar-refractivity contribution is 7.89. The number of hydrogen-bond acceptors (Lipinski definition) is 5. The van der Waals surface area contributed by atoms with E-state index in [1.165, 1.54) is 28.6 Å². The molecule has 0 aliphatic carbocycles. The van der Waals surface area contributed by atoms with Gasteiger partial charge in [-0.2, -0.15) is 4.31 Å². The van der Waals surface area contributed by atoms with Gasteiger partial charge in [0.25, 0.3) is 0 Å². The van der Waals surface area contributed by atoms with Crippen molar-refractivity contribution < 1.29 is 22.7 Å². The van der Waals surface area contributed by atoms with Crippen molar-refractivity contribution in [2.75, 3.05) is 13.1 Å². The van der Waals surface area contributed by atoms with E-state index in [0.29, 0.717) is 24.2 Å². The fourth-order valence-electron chi connectivity index (χ4n) is 3.07. The average Bonchev–Trinajstić information content (AvgIpc) is 2.80. The molecule has 6 nitrogen and oxygen atoms in total. The van der Waals surface area contributed by atoms with E-state index in [4.69, 9.17) is 4.74 Å². The molecule has 0 saturated heterocycles. The number of carbonyl (C=O) groups is 2. The van der Waals surface area contributed by atoms with E-state index in [2.05, 4.69) is 0 Å². The summed E-state index contributed by atoms with van der Waals surface area (Å²) in [6, 6.07) is 20.8. The number of sulfonamides is 1. The first-order valence-electron chi connectivity index (χ1n) is 9.89. The second-order valence-corrected chi connectivity index (χ2v) is 8.66. The standard InChI is InChI=1S/C24H23NO5S/c1-3-25(4-2)31(28,29)22-16-12-20(13-17-22)24(27)30-21-14-10-19(11-15-21)23(26)18-8-6-5-7-9-18/h5-17H,3-4H2,1-2H3. The molecule has 0 bridgehead atoms. The molecule has 3 aromatic carbocycles. The second kappa shape index (κ2) is 9.68. The molecule has 0 saturated carbocycles. The van der Waals surface area contributed by atoms with Gasteiger partial charge in [0.1, 0.15) is 5.75 Å². The molecule has 0 unspecified atom stereocenters. The van der Waals surface area contributed by atoms with Crippen molar-refractivity contribution in [1.82, 2.24) is 4.31 Å². The Bertz CT molecular complexity index is 1150. The minimum Gasteiger partial charge on any atom is -0.423 e. The Balaban J connectivity index is 1.70. The maximum atomic E-state index is 12.5. The predicted molar refractivity (Wildman–Crippen MR) is 118 cm³/mol. The summed E-state index contributed by atoms with van der Waals surface area (Å²) in [5, 5.41) is 0. The van der Waals surface area contributed by atoms with Gasteiger partial charge in [0.2, 0.25) is 10.0 Å². The number of ketones is 1. The van der Waals surface area contributed by atoms with Crippen LogP contribution in [0.3, 0.4) is 0 Å². The summed E-state index contributed by atoms with van der Waals surface area (Å²) in [5.41, 5.74) is 1.28. The number of esters is 1. The van der Waals surface area contributed by atoms with Crippen LogP contribution in [0, 0.1) is 0 Å². The highest BCUT2D eigenvalue weighted by Crippen LogP contribution is 2.19. The minimum atomic E-state index is -3.59. The third-order valence-electron chi connectivity index (χ3n) is 4.80. The molecule has 0 radical (unpaired) electrons. The molecule has 0 spiro atoms. The first-order chi connectivity index (χ1) is 14.9. The van der Waals surface area contributed by atoms with Crippen LogP contribution in [-0.4, -0.2) is 37.6 Å². The highest BCUT2D eigenvalue weighted by Gasteiger charge is 2.22. The Morgan fingerprint density at radius 1 is 0.742 bits per heavy atom. The maximum Gasteiger partial charge on any atom is 0.343 e. The molecule has 0 N–H and O–H groups in total. The Hall–Kier alpha value is -3.29. The van der Waals surface area contributed by atoms with Gasteiger partial charge in [0, 0.05) is 24.2 Å². The minimum absolute atomic E-state index is 0.122. The van der Waals surface area contributed by atoms with Crippen molar-refractivity contribution in [3.8, 4) is 5.75 Å². The highest BCUT2D eigenvalue weighted by atomic mass is 32.2. The van der Waals surface area contributed by atoms with Crippen LogP contribution in [0.2, 0.25) is 0 Å². The summed E-state index contributed by atoms with van der Waals surface area (Å²) in [4.78, 5) is 25.0. The Labute approximate surface area is 182 Å². The monoisotopic (exact) mass is 437 g/mol. The largest absolute Gasteiger partial charge is 0.423 e. The molecule has 0 fully saturated rings. The van der Waals surface area contributed by atoms with Gasteiger partial charge in [-0.3, -0.25) is 4.79 Å².